The molecule has 0 aromatic heterocycles. The van der Waals surface area contributed by atoms with Crippen LogP contribution in [0.4, 0.5) is 34.1 Å². The minimum absolute atomic E-state index is 1.12. The molecule has 11 aromatic carbocycles. The molecular formula is C76H66N2. The summed E-state index contributed by atoms with van der Waals surface area (Å²) >= 11 is 0. The molecule has 2 nitrogen and oxygen atoms in total. The molecule has 0 unspecified atom stereocenters. The van der Waals surface area contributed by atoms with Crippen molar-refractivity contribution >= 4 is 114 Å². The van der Waals surface area contributed by atoms with E-state index < -0.39 is 0 Å². The molecule has 2 fully saturated rings. The lowest BCUT2D eigenvalue weighted by Gasteiger charge is -2.29. The zero-order valence-electron chi connectivity index (χ0n) is 45.1. The maximum atomic E-state index is 2.43. The number of anilines is 6. The van der Waals surface area contributed by atoms with Crippen LogP contribution in [-0.4, -0.2) is 0 Å². The number of hydrogen-bond donors (Lipinski definition) is 0. The molecule has 2 aliphatic carbocycles. The number of allylic oxidation sites excluding steroid dienone is 2. The molecule has 0 radical (unpaired) electrons. The van der Waals surface area contributed by atoms with Gasteiger partial charge in [0.1, 0.15) is 0 Å². The van der Waals surface area contributed by atoms with Crippen molar-refractivity contribution in [2.24, 2.45) is 0 Å². The summed E-state index contributed by atoms with van der Waals surface area (Å²) in [5, 5.41) is 10.1. The Morgan fingerprint density at radius 2 is 0.551 bits per heavy atom. The second-order valence-corrected chi connectivity index (χ2v) is 22.0. The van der Waals surface area contributed by atoms with Crippen molar-refractivity contribution in [2.75, 3.05) is 9.80 Å². The largest absolute Gasteiger partial charge is 0.310 e. The van der Waals surface area contributed by atoms with Gasteiger partial charge in [0.15, 0.2) is 0 Å². The zero-order valence-corrected chi connectivity index (χ0v) is 45.1. The molecule has 13 rings (SSSR count). The Balaban J connectivity index is 0.841. The predicted octanol–water partition coefficient (Wildman–Crippen LogP) is 22.3. The van der Waals surface area contributed by atoms with Crippen molar-refractivity contribution < 1.29 is 0 Å². The maximum Gasteiger partial charge on any atom is 0.0540 e. The lowest BCUT2D eigenvalue weighted by Crippen LogP contribution is -2.11. The van der Waals surface area contributed by atoms with Crippen LogP contribution in [0.25, 0.3) is 79.5 Å². The number of fused-ring (bicyclic) bond motifs is 2. The zero-order chi connectivity index (χ0) is 52.4. The molecular weight excluding hydrogens is 941 g/mol. The molecule has 78 heavy (non-hydrogen) atoms. The smallest absolute Gasteiger partial charge is 0.0540 e. The number of nitrogens with zero attached hydrogens (tertiary/aromatic N) is 2. The lowest BCUT2D eigenvalue weighted by molar-refractivity contribution is 0.602. The van der Waals surface area contributed by atoms with Crippen LogP contribution < -0.4 is 9.80 Å². The van der Waals surface area contributed by atoms with Crippen LogP contribution in [0.5, 0.6) is 0 Å². The Bertz CT molecular complexity index is 3740. The summed E-state index contributed by atoms with van der Waals surface area (Å²) in [7, 11) is 0. The highest BCUT2D eigenvalue weighted by atomic mass is 15.1. The average molecular weight is 1010 g/mol. The highest BCUT2D eigenvalue weighted by molar-refractivity contribution is 6.35. The number of benzene rings is 11. The molecule has 0 saturated heterocycles. The fourth-order valence-electron chi connectivity index (χ4n) is 12.3. The predicted molar refractivity (Wildman–Crippen MR) is 339 cm³/mol. The molecule has 2 aliphatic rings. The van der Waals surface area contributed by atoms with Crippen LogP contribution in [0.2, 0.25) is 0 Å². The third kappa shape index (κ3) is 10.1. The van der Waals surface area contributed by atoms with E-state index in [9.17, 15) is 0 Å². The standard InChI is InChI=1S/C76H66N2/c1-53-19-39-63(40-20-53)77(65-43-35-57(36-44-65)25-23-55-27-31-61(32-28-55)51-59-11-5-3-6-12-59)73-49-47-69-68-16-10-18-72-74(50-48-70(76(68)72)67-15-9-17-71(73)75(67)69)78(64-41-21-54(2)22-42-64)66-45-37-58(38-46-66)26-24-56-29-33-62(34-30-56)52-60-13-7-4-8-14-60/h9-10,15-52H,3-8,11-14H2,1-2H3. The van der Waals surface area contributed by atoms with Crippen molar-refractivity contribution in [2.45, 2.75) is 78.1 Å². The van der Waals surface area contributed by atoms with Crippen LogP contribution in [0, 0.1) is 13.8 Å². The molecule has 0 bridgehead atoms. The lowest BCUT2D eigenvalue weighted by atomic mass is 9.88. The molecule has 0 atom stereocenters. The van der Waals surface area contributed by atoms with Gasteiger partial charge in [-0.1, -0.05) is 217 Å². The first kappa shape index (κ1) is 48.9. The summed E-state index contributed by atoms with van der Waals surface area (Å²) in [6.07, 6.45) is 26.7. The number of aryl methyl sites for hydroxylation is 2. The maximum absolute atomic E-state index is 2.43. The van der Waals surface area contributed by atoms with Crippen molar-refractivity contribution in [3.63, 3.8) is 0 Å². The van der Waals surface area contributed by atoms with E-state index in [1.807, 2.05) is 0 Å². The SMILES string of the molecule is Cc1ccc(N(c2ccc(C=Cc3ccc(C=C4CCCCC4)cc3)cc2)c2ccc3c4cccc5c(N(c6ccc(C)cc6)c6ccc(C=Cc7ccc(C=C8CCCCC8)cc7)cc6)ccc(c6cccc2c63)c54)cc1. The first-order chi connectivity index (χ1) is 38.5. The van der Waals surface area contributed by atoms with Crippen molar-refractivity contribution in [3.05, 3.63) is 262 Å². The molecule has 2 heteroatoms. The Morgan fingerprint density at radius 3 is 0.897 bits per heavy atom. The van der Waals surface area contributed by atoms with Crippen LogP contribution in [-0.2, 0) is 0 Å². The monoisotopic (exact) mass is 1010 g/mol. The van der Waals surface area contributed by atoms with Gasteiger partial charge in [-0.25, -0.2) is 0 Å². The van der Waals surface area contributed by atoms with Crippen molar-refractivity contribution in [1.82, 2.24) is 0 Å². The van der Waals surface area contributed by atoms with E-state index in [1.54, 1.807) is 11.1 Å². The normalized spacial score (nSPS) is 14.1. The Kier molecular flexibility index (Phi) is 13.6. The van der Waals surface area contributed by atoms with Crippen LogP contribution in [0.15, 0.2) is 217 Å². The van der Waals surface area contributed by atoms with E-state index in [2.05, 4.69) is 266 Å². The molecule has 380 valence electrons. The third-order valence-electron chi connectivity index (χ3n) is 16.5. The Morgan fingerprint density at radius 1 is 0.269 bits per heavy atom. The molecule has 0 amide bonds. The fourth-order valence-corrected chi connectivity index (χ4v) is 12.3. The molecule has 2 saturated carbocycles. The number of rotatable bonds is 12. The van der Waals surface area contributed by atoms with Crippen molar-refractivity contribution in [3.8, 4) is 0 Å². The van der Waals surface area contributed by atoms with Gasteiger partial charge in [-0.05, 0) is 192 Å². The molecule has 0 N–H and O–H groups in total. The molecule has 0 aliphatic heterocycles. The van der Waals surface area contributed by atoms with Gasteiger partial charge >= 0.3 is 0 Å². The van der Waals surface area contributed by atoms with Gasteiger partial charge in [-0.3, -0.25) is 0 Å². The Labute approximate surface area is 461 Å². The molecule has 11 aromatic rings. The van der Waals surface area contributed by atoms with E-state index in [0.717, 1.165) is 34.1 Å². The second-order valence-electron chi connectivity index (χ2n) is 22.0. The highest BCUT2D eigenvalue weighted by Crippen LogP contribution is 2.49. The van der Waals surface area contributed by atoms with Crippen LogP contribution in [0.3, 0.4) is 0 Å². The summed E-state index contributed by atoms with van der Waals surface area (Å²) < 4.78 is 0. The van der Waals surface area contributed by atoms with Gasteiger partial charge < -0.3 is 9.80 Å². The minimum Gasteiger partial charge on any atom is -0.310 e. The van der Waals surface area contributed by atoms with Gasteiger partial charge in [0.2, 0.25) is 0 Å². The molecule has 0 spiro atoms. The van der Waals surface area contributed by atoms with E-state index >= 15 is 0 Å². The highest BCUT2D eigenvalue weighted by Gasteiger charge is 2.23. The first-order valence-electron chi connectivity index (χ1n) is 28.5. The van der Waals surface area contributed by atoms with Gasteiger partial charge in [-0.2, -0.15) is 0 Å². The van der Waals surface area contributed by atoms with E-state index in [1.165, 1.54) is 152 Å². The fraction of sp³-hybridized carbons (Fsp3) is 0.158. The van der Waals surface area contributed by atoms with Gasteiger partial charge in [0, 0.05) is 33.5 Å². The summed E-state index contributed by atoms with van der Waals surface area (Å²) in [5.41, 5.74) is 19.8. The topological polar surface area (TPSA) is 6.48 Å². The van der Waals surface area contributed by atoms with E-state index in [4.69, 9.17) is 0 Å². The minimum atomic E-state index is 1.12. The van der Waals surface area contributed by atoms with E-state index in [0.29, 0.717) is 0 Å². The second kappa shape index (κ2) is 21.7. The van der Waals surface area contributed by atoms with E-state index in [-0.39, 0.29) is 0 Å². The summed E-state index contributed by atoms with van der Waals surface area (Å²) in [4.78, 5) is 4.87. The quantitative estimate of drug-likeness (QED) is 0.0684. The van der Waals surface area contributed by atoms with Crippen molar-refractivity contribution in [1.29, 1.82) is 0 Å². The van der Waals surface area contributed by atoms with Gasteiger partial charge in [-0.15, -0.1) is 0 Å². The van der Waals surface area contributed by atoms with Gasteiger partial charge in [0.05, 0.1) is 11.4 Å². The Hall–Kier alpha value is -8.72. The average Bonchev–Trinajstić information content (AvgIpc) is 3.66. The number of hydrogen-bond acceptors (Lipinski definition) is 2. The summed E-state index contributed by atoms with van der Waals surface area (Å²) in [6.45, 7) is 4.32. The summed E-state index contributed by atoms with van der Waals surface area (Å²) in [5.74, 6) is 0. The summed E-state index contributed by atoms with van der Waals surface area (Å²) in [6, 6.07) is 77.2. The van der Waals surface area contributed by atoms with Crippen LogP contribution in [0.1, 0.15) is 109 Å². The first-order valence-corrected chi connectivity index (χ1v) is 28.5. The third-order valence-corrected chi connectivity index (χ3v) is 16.5. The molecule has 0 heterocycles. The van der Waals surface area contributed by atoms with Gasteiger partial charge in [0.25, 0.3) is 0 Å². The van der Waals surface area contributed by atoms with Crippen LogP contribution >= 0.6 is 0 Å².